The third-order valence-corrected chi connectivity index (χ3v) is 13.8. The van der Waals surface area contributed by atoms with E-state index in [9.17, 15) is 0 Å². The molecule has 8 nitrogen and oxygen atoms in total. The molecule has 0 aliphatic carbocycles. The van der Waals surface area contributed by atoms with Crippen molar-refractivity contribution < 1.29 is 9.47 Å². The highest BCUT2D eigenvalue weighted by Crippen LogP contribution is 2.33. The molecule has 0 spiro atoms. The van der Waals surface area contributed by atoms with Gasteiger partial charge >= 0.3 is 0 Å². The second kappa shape index (κ2) is 26.7. The molecule has 6 aromatic carbocycles. The van der Waals surface area contributed by atoms with Gasteiger partial charge in [0.05, 0.1) is 14.2 Å². The van der Waals surface area contributed by atoms with Gasteiger partial charge in [0.15, 0.2) is 0 Å². The van der Waals surface area contributed by atoms with Gasteiger partial charge < -0.3 is 25.4 Å². The lowest BCUT2D eigenvalue weighted by Gasteiger charge is -2.35. The summed E-state index contributed by atoms with van der Waals surface area (Å²) in [6.45, 7) is 15.0. The van der Waals surface area contributed by atoms with Crippen molar-refractivity contribution in [3.63, 3.8) is 0 Å². The van der Waals surface area contributed by atoms with E-state index < -0.39 is 0 Å². The Morgan fingerprint density at radius 2 is 0.806 bits per heavy atom. The van der Waals surface area contributed by atoms with Crippen LogP contribution in [0.25, 0.3) is 0 Å². The van der Waals surface area contributed by atoms with E-state index in [1.807, 2.05) is 48.5 Å². The summed E-state index contributed by atoms with van der Waals surface area (Å²) in [6.07, 6.45) is 2.95. The fourth-order valence-corrected chi connectivity index (χ4v) is 9.96. The van der Waals surface area contributed by atoms with Crippen molar-refractivity contribution in [2.45, 2.75) is 44.3 Å². The first kappa shape index (κ1) is 50.1. The number of ether oxygens (including phenoxy) is 2. The molecule has 0 amide bonds. The molecule has 3 aliphatic rings. The molecule has 9 rings (SSSR count). The number of methoxy groups -OCH3 is 2. The minimum absolute atomic E-state index is 0.312. The number of hydrogen-bond acceptors (Lipinski definition) is 8. The molecule has 354 valence electrons. The van der Waals surface area contributed by atoms with Gasteiger partial charge in [0.25, 0.3) is 0 Å². The molecule has 3 heterocycles. The number of para-hydroxylation sites is 2. The van der Waals surface area contributed by atoms with Gasteiger partial charge in [0, 0.05) is 107 Å². The van der Waals surface area contributed by atoms with Crippen LogP contribution in [0.2, 0.25) is 10.0 Å². The SMILES string of the molecule is COc1ccccc1CC(c1ccc(Cl)cc1)N1CCNCC1.COc1ccccc1CC(c1cccc(Cl)c1)N1CCNCC1.Cc1ccccc1CC(c1ccccc1)N1CCNCC1. The number of rotatable bonds is 14. The quantitative estimate of drug-likeness (QED) is 0.0999. The second-order valence-corrected chi connectivity index (χ2v) is 18.5. The van der Waals surface area contributed by atoms with Gasteiger partial charge in [0.1, 0.15) is 11.5 Å². The number of nitrogens with zero attached hydrogens (tertiary/aromatic N) is 3. The predicted molar refractivity (Wildman–Crippen MR) is 279 cm³/mol. The number of nitrogens with one attached hydrogen (secondary N) is 3. The van der Waals surface area contributed by atoms with Gasteiger partial charge in [0.2, 0.25) is 0 Å². The molecule has 3 unspecified atom stereocenters. The topological polar surface area (TPSA) is 64.3 Å². The molecule has 0 saturated carbocycles. The monoisotopic (exact) mass is 940 g/mol. The molecule has 67 heavy (non-hydrogen) atoms. The first-order chi connectivity index (χ1) is 32.9. The number of aryl methyl sites for hydroxylation is 1. The average molecular weight is 942 g/mol. The van der Waals surface area contributed by atoms with E-state index in [0.717, 1.165) is 119 Å². The molecule has 3 N–H and O–H groups in total. The molecule has 3 saturated heterocycles. The van der Waals surface area contributed by atoms with Crippen molar-refractivity contribution in [1.29, 1.82) is 0 Å². The Hall–Kier alpha value is -4.74. The predicted octanol–water partition coefficient (Wildman–Crippen LogP) is 10.3. The summed E-state index contributed by atoms with van der Waals surface area (Å²) >= 11 is 12.3. The van der Waals surface area contributed by atoms with Gasteiger partial charge in [-0.3, -0.25) is 14.7 Å². The highest BCUT2D eigenvalue weighted by molar-refractivity contribution is 6.30. The van der Waals surface area contributed by atoms with Crippen molar-refractivity contribution in [2.75, 3.05) is 92.8 Å². The Labute approximate surface area is 410 Å². The van der Waals surface area contributed by atoms with E-state index in [-0.39, 0.29) is 0 Å². The summed E-state index contributed by atoms with van der Waals surface area (Å²) in [6, 6.07) is 53.9. The van der Waals surface area contributed by atoms with Crippen molar-refractivity contribution in [1.82, 2.24) is 30.7 Å². The van der Waals surface area contributed by atoms with E-state index >= 15 is 0 Å². The number of piperazine rings is 3. The molecular formula is C57H70Cl2N6O2. The lowest BCUT2D eigenvalue weighted by molar-refractivity contribution is 0.171. The van der Waals surface area contributed by atoms with Gasteiger partial charge in [-0.15, -0.1) is 0 Å². The summed E-state index contributed by atoms with van der Waals surface area (Å²) in [5.41, 5.74) is 9.35. The van der Waals surface area contributed by atoms with Gasteiger partial charge in [-0.1, -0.05) is 138 Å². The van der Waals surface area contributed by atoms with Crippen molar-refractivity contribution in [2.24, 2.45) is 0 Å². The summed E-state index contributed by atoms with van der Waals surface area (Å²) in [7, 11) is 3.47. The Morgan fingerprint density at radius 1 is 0.418 bits per heavy atom. The normalized spacial score (nSPS) is 17.1. The van der Waals surface area contributed by atoms with Crippen LogP contribution >= 0.6 is 23.2 Å². The van der Waals surface area contributed by atoms with Crippen LogP contribution in [0.1, 0.15) is 57.1 Å². The lowest BCUT2D eigenvalue weighted by Crippen LogP contribution is -2.45. The number of hydrogen-bond donors (Lipinski definition) is 3. The smallest absolute Gasteiger partial charge is 0.122 e. The van der Waals surface area contributed by atoms with Gasteiger partial charge in [-0.2, -0.15) is 0 Å². The average Bonchev–Trinajstić information content (AvgIpc) is 3.39. The highest BCUT2D eigenvalue weighted by Gasteiger charge is 2.26. The van der Waals surface area contributed by atoms with Gasteiger partial charge in [-0.05, 0) is 102 Å². The number of halogens is 2. The lowest BCUT2D eigenvalue weighted by atomic mass is 9.94. The van der Waals surface area contributed by atoms with Crippen LogP contribution in [-0.2, 0) is 19.3 Å². The van der Waals surface area contributed by atoms with Crippen LogP contribution in [0.5, 0.6) is 11.5 Å². The largest absolute Gasteiger partial charge is 0.496 e. The fraction of sp³-hybridized carbons (Fsp3) is 0.368. The summed E-state index contributed by atoms with van der Waals surface area (Å²) in [5.74, 6) is 1.91. The molecular weight excluding hydrogens is 872 g/mol. The fourth-order valence-electron chi connectivity index (χ4n) is 9.64. The highest BCUT2D eigenvalue weighted by atomic mass is 35.5. The summed E-state index contributed by atoms with van der Waals surface area (Å²) in [4.78, 5) is 7.71. The maximum atomic E-state index is 6.23. The Balaban J connectivity index is 0.000000149. The molecule has 0 radical (unpaired) electrons. The van der Waals surface area contributed by atoms with E-state index in [2.05, 4.69) is 141 Å². The molecule has 3 aliphatic heterocycles. The zero-order valence-electron chi connectivity index (χ0n) is 39.7. The molecule has 10 heteroatoms. The maximum Gasteiger partial charge on any atom is 0.122 e. The van der Waals surface area contributed by atoms with E-state index in [0.29, 0.717) is 18.1 Å². The summed E-state index contributed by atoms with van der Waals surface area (Å²) in [5, 5.41) is 11.9. The molecule has 3 atom stereocenters. The van der Waals surface area contributed by atoms with Crippen LogP contribution in [0, 0.1) is 6.92 Å². The van der Waals surface area contributed by atoms with Crippen molar-refractivity contribution >= 4 is 23.2 Å². The Morgan fingerprint density at radius 3 is 1.27 bits per heavy atom. The van der Waals surface area contributed by atoms with Gasteiger partial charge in [-0.25, -0.2) is 0 Å². The first-order valence-electron chi connectivity index (χ1n) is 24.1. The van der Waals surface area contributed by atoms with E-state index in [1.54, 1.807) is 14.2 Å². The minimum Gasteiger partial charge on any atom is -0.496 e. The minimum atomic E-state index is 0.312. The maximum absolute atomic E-state index is 6.23. The third kappa shape index (κ3) is 14.9. The molecule has 0 aromatic heterocycles. The van der Waals surface area contributed by atoms with E-state index in [1.165, 1.54) is 38.9 Å². The Kier molecular flexibility index (Phi) is 20.0. The van der Waals surface area contributed by atoms with Crippen LogP contribution in [0.15, 0.2) is 152 Å². The summed E-state index contributed by atoms with van der Waals surface area (Å²) < 4.78 is 11.1. The molecule has 6 aromatic rings. The zero-order chi connectivity index (χ0) is 46.6. The number of benzene rings is 6. The molecule has 0 bridgehead atoms. The van der Waals surface area contributed by atoms with Crippen LogP contribution < -0.4 is 25.4 Å². The van der Waals surface area contributed by atoms with Crippen LogP contribution in [0.4, 0.5) is 0 Å². The van der Waals surface area contributed by atoms with Crippen LogP contribution in [0.3, 0.4) is 0 Å². The second-order valence-electron chi connectivity index (χ2n) is 17.6. The van der Waals surface area contributed by atoms with Crippen molar-refractivity contribution in [3.8, 4) is 11.5 Å². The molecule has 3 fully saturated rings. The standard InChI is InChI=1S/2C19H23ClN2O.C19H24N2/c1-23-19-8-3-2-5-16(19)14-18(22-11-9-21-10-12-22)15-6-4-7-17(20)13-15;1-23-19-5-3-2-4-16(19)14-18(22-12-10-21-11-13-22)15-6-8-17(20)9-7-15;1-16-7-5-6-10-18(16)15-19(17-8-3-2-4-9-17)21-13-11-20-12-14-21/h2-8,13,18,21H,9-12,14H2,1H3;2-9,18,21H,10-14H2,1H3;2-10,19-20H,11-15H2,1H3. The first-order valence-corrected chi connectivity index (χ1v) is 24.8. The van der Waals surface area contributed by atoms with E-state index in [4.69, 9.17) is 32.7 Å². The Bertz CT molecular complexity index is 2350. The van der Waals surface area contributed by atoms with Crippen LogP contribution in [-0.4, -0.2) is 107 Å². The van der Waals surface area contributed by atoms with Crippen molar-refractivity contribution in [3.05, 3.63) is 201 Å². The third-order valence-electron chi connectivity index (χ3n) is 13.3. The zero-order valence-corrected chi connectivity index (χ0v) is 41.2.